The van der Waals surface area contributed by atoms with Gasteiger partial charge in [0.25, 0.3) is 0 Å². The Bertz CT molecular complexity index is 488. The fourth-order valence-electron chi connectivity index (χ4n) is 1.47. The van der Waals surface area contributed by atoms with Gasteiger partial charge in [-0.2, -0.15) is 10.2 Å². The molecule has 0 unspecified atom stereocenters. The largest absolute Gasteiger partial charge is 0.279 e. The lowest BCUT2D eigenvalue weighted by Crippen LogP contribution is -2.02. The highest BCUT2D eigenvalue weighted by molar-refractivity contribution is 14.1. The third-order valence-electron chi connectivity index (χ3n) is 2.19. The van der Waals surface area contributed by atoms with Gasteiger partial charge in [-0.05, 0) is 42.0 Å². The van der Waals surface area contributed by atoms with Gasteiger partial charge in [0.05, 0.1) is 5.69 Å². The zero-order valence-corrected chi connectivity index (χ0v) is 11.3. The quantitative estimate of drug-likeness (QED) is 0.857. The van der Waals surface area contributed by atoms with Crippen molar-refractivity contribution >= 4 is 34.2 Å². The second-order valence-electron chi connectivity index (χ2n) is 3.22. The molecule has 2 aromatic rings. The first-order chi connectivity index (χ1) is 7.13. The van der Waals surface area contributed by atoms with Gasteiger partial charge in [-0.3, -0.25) is 5.10 Å². The maximum absolute atomic E-state index is 5.87. The number of rotatable bonds is 2. The highest BCUT2D eigenvalue weighted by Crippen LogP contribution is 2.22. The molecule has 0 fully saturated rings. The molecule has 80 valence electrons. The molecule has 0 saturated carbocycles. The van der Waals surface area contributed by atoms with Crippen molar-refractivity contribution in [1.82, 2.24) is 20.0 Å². The van der Waals surface area contributed by atoms with Crippen LogP contribution in [0.4, 0.5) is 0 Å². The first-order valence-corrected chi connectivity index (χ1v) is 6.04. The first-order valence-electron chi connectivity index (χ1n) is 4.58. The van der Waals surface area contributed by atoms with E-state index >= 15 is 0 Å². The van der Waals surface area contributed by atoms with Crippen molar-refractivity contribution < 1.29 is 0 Å². The van der Waals surface area contributed by atoms with Crippen LogP contribution in [0.3, 0.4) is 0 Å². The lowest BCUT2D eigenvalue weighted by atomic mass is 10.3. The van der Waals surface area contributed by atoms with Crippen molar-refractivity contribution in [1.29, 1.82) is 0 Å². The summed E-state index contributed by atoms with van der Waals surface area (Å²) in [7, 11) is 0. The Hall–Kier alpha value is -0.560. The Labute approximate surface area is 106 Å². The normalized spacial score (nSPS) is 10.9. The maximum Gasteiger partial charge on any atom is 0.151 e. The number of aromatic nitrogens is 4. The third kappa shape index (κ3) is 1.90. The average molecular weight is 337 g/mol. The number of H-pyrrole nitrogens is 1. The second-order valence-corrected chi connectivity index (χ2v) is 4.62. The van der Waals surface area contributed by atoms with Gasteiger partial charge in [-0.15, -0.1) is 0 Å². The number of halogens is 2. The molecular weight excluding hydrogens is 326 g/mol. The Morgan fingerprint density at radius 3 is 2.87 bits per heavy atom. The molecule has 15 heavy (non-hydrogen) atoms. The molecule has 2 rings (SSSR count). The Morgan fingerprint density at radius 1 is 1.60 bits per heavy atom. The van der Waals surface area contributed by atoms with Crippen LogP contribution in [-0.4, -0.2) is 20.0 Å². The maximum atomic E-state index is 5.87. The van der Waals surface area contributed by atoms with Gasteiger partial charge in [0.1, 0.15) is 9.39 Å². The van der Waals surface area contributed by atoms with Crippen molar-refractivity contribution in [2.45, 2.75) is 20.3 Å². The number of nitrogens with one attached hydrogen (secondary N) is 1. The Morgan fingerprint density at radius 2 is 2.33 bits per heavy atom. The highest BCUT2D eigenvalue weighted by Gasteiger charge is 2.15. The molecule has 2 heterocycles. The van der Waals surface area contributed by atoms with E-state index in [1.807, 2.05) is 17.7 Å². The lowest BCUT2D eigenvalue weighted by Gasteiger charge is -2.03. The van der Waals surface area contributed by atoms with Crippen molar-refractivity contribution in [3.05, 3.63) is 26.3 Å². The van der Waals surface area contributed by atoms with E-state index in [2.05, 4.69) is 44.8 Å². The highest BCUT2D eigenvalue weighted by atomic mass is 127. The summed E-state index contributed by atoms with van der Waals surface area (Å²) >= 11 is 8.05. The SMILES string of the molecule is CCc1[nH]nc(I)c1-n1nc(Cl)cc1C. The zero-order valence-electron chi connectivity index (χ0n) is 8.38. The zero-order chi connectivity index (χ0) is 11.0. The molecule has 1 N–H and O–H groups in total. The van der Waals surface area contributed by atoms with Crippen LogP contribution in [0.1, 0.15) is 18.3 Å². The van der Waals surface area contributed by atoms with Crippen molar-refractivity contribution in [2.75, 3.05) is 0 Å². The van der Waals surface area contributed by atoms with Gasteiger partial charge in [0, 0.05) is 5.69 Å². The first kappa shape index (κ1) is 10.9. The van der Waals surface area contributed by atoms with E-state index in [1.54, 1.807) is 0 Å². The third-order valence-corrected chi connectivity index (χ3v) is 3.13. The molecular formula is C9H10ClIN4. The minimum atomic E-state index is 0.506. The van der Waals surface area contributed by atoms with Crippen LogP contribution in [0.2, 0.25) is 5.15 Å². The molecule has 0 amide bonds. The van der Waals surface area contributed by atoms with Crippen LogP contribution < -0.4 is 0 Å². The predicted molar refractivity (Wildman–Crippen MR) is 67.6 cm³/mol. The van der Waals surface area contributed by atoms with Gasteiger partial charge >= 0.3 is 0 Å². The van der Waals surface area contributed by atoms with Gasteiger partial charge in [-0.1, -0.05) is 18.5 Å². The van der Waals surface area contributed by atoms with E-state index in [0.29, 0.717) is 5.15 Å². The number of hydrogen-bond donors (Lipinski definition) is 1. The molecule has 0 atom stereocenters. The van der Waals surface area contributed by atoms with Crippen LogP contribution in [0.25, 0.3) is 5.69 Å². The monoisotopic (exact) mass is 336 g/mol. The van der Waals surface area contributed by atoms with E-state index in [0.717, 1.165) is 27.2 Å². The minimum absolute atomic E-state index is 0.506. The summed E-state index contributed by atoms with van der Waals surface area (Å²) in [6, 6.07) is 1.84. The summed E-state index contributed by atoms with van der Waals surface area (Å²) in [5, 5.41) is 11.9. The van der Waals surface area contributed by atoms with Gasteiger partial charge < -0.3 is 0 Å². The minimum Gasteiger partial charge on any atom is -0.279 e. The summed E-state index contributed by atoms with van der Waals surface area (Å²) in [4.78, 5) is 0. The molecule has 4 nitrogen and oxygen atoms in total. The summed E-state index contributed by atoms with van der Waals surface area (Å²) < 4.78 is 2.74. The molecule has 0 saturated heterocycles. The summed E-state index contributed by atoms with van der Waals surface area (Å²) in [5.41, 5.74) is 3.08. The molecule has 0 aliphatic heterocycles. The molecule has 0 aromatic carbocycles. The van der Waals surface area contributed by atoms with Gasteiger partial charge in [0.15, 0.2) is 5.15 Å². The fraction of sp³-hybridized carbons (Fsp3) is 0.333. The molecule has 0 aliphatic rings. The Balaban J connectivity index is 2.62. The van der Waals surface area contributed by atoms with Crippen LogP contribution in [-0.2, 0) is 6.42 Å². The van der Waals surface area contributed by atoms with Crippen molar-refractivity contribution in [2.24, 2.45) is 0 Å². The standard InChI is InChI=1S/C9H10ClIN4/c1-3-6-8(9(11)13-12-6)15-5(2)4-7(10)14-15/h4H,3H2,1-2H3,(H,12,13). The van der Waals surface area contributed by atoms with Crippen LogP contribution in [0.15, 0.2) is 6.07 Å². The molecule has 0 spiro atoms. The molecule has 0 radical (unpaired) electrons. The average Bonchev–Trinajstić information content (AvgIpc) is 2.69. The number of hydrogen-bond acceptors (Lipinski definition) is 2. The fourth-order valence-corrected chi connectivity index (χ4v) is 2.38. The van der Waals surface area contributed by atoms with E-state index in [9.17, 15) is 0 Å². The smallest absolute Gasteiger partial charge is 0.151 e. The number of aromatic amines is 1. The topological polar surface area (TPSA) is 46.5 Å². The van der Waals surface area contributed by atoms with Crippen molar-refractivity contribution in [3.63, 3.8) is 0 Å². The Kier molecular flexibility index (Phi) is 3.01. The molecule has 0 aliphatic carbocycles. The summed E-state index contributed by atoms with van der Waals surface area (Å²) in [5.74, 6) is 0. The predicted octanol–water partition coefficient (Wildman–Crippen LogP) is 2.72. The summed E-state index contributed by atoms with van der Waals surface area (Å²) in [6.45, 7) is 4.05. The van der Waals surface area contributed by atoms with Crippen LogP contribution in [0, 0.1) is 10.6 Å². The number of nitrogens with zero attached hydrogens (tertiary/aromatic N) is 3. The van der Waals surface area contributed by atoms with Crippen molar-refractivity contribution in [3.8, 4) is 5.69 Å². The van der Waals surface area contributed by atoms with Crippen LogP contribution in [0.5, 0.6) is 0 Å². The second kappa shape index (κ2) is 4.13. The van der Waals surface area contributed by atoms with Gasteiger partial charge in [0.2, 0.25) is 0 Å². The molecule has 2 aromatic heterocycles. The van der Waals surface area contributed by atoms with E-state index in [1.165, 1.54) is 0 Å². The van der Waals surface area contributed by atoms with Gasteiger partial charge in [-0.25, -0.2) is 4.68 Å². The number of aryl methyl sites for hydroxylation is 2. The molecule has 0 bridgehead atoms. The van der Waals surface area contributed by atoms with E-state index < -0.39 is 0 Å². The summed E-state index contributed by atoms with van der Waals surface area (Å²) in [6.07, 6.45) is 0.891. The van der Waals surface area contributed by atoms with E-state index in [-0.39, 0.29) is 0 Å². The van der Waals surface area contributed by atoms with Crippen LogP contribution >= 0.6 is 34.2 Å². The molecule has 6 heteroatoms. The lowest BCUT2D eigenvalue weighted by molar-refractivity contribution is 0.828. The van der Waals surface area contributed by atoms with E-state index in [4.69, 9.17) is 11.6 Å².